The molecule has 2 saturated heterocycles. The Morgan fingerprint density at radius 2 is 1.87 bits per heavy atom. The highest BCUT2D eigenvalue weighted by Crippen LogP contribution is 2.46. The van der Waals surface area contributed by atoms with Gasteiger partial charge < -0.3 is 15.1 Å². The van der Waals surface area contributed by atoms with Gasteiger partial charge in [0.1, 0.15) is 6.04 Å². The summed E-state index contributed by atoms with van der Waals surface area (Å²) in [5.41, 5.74) is 1.18. The van der Waals surface area contributed by atoms with Crippen molar-refractivity contribution in [1.82, 2.24) is 20.0 Å². The number of nitrogens with zero attached hydrogens (tertiary/aromatic N) is 3. The van der Waals surface area contributed by atoms with Crippen LogP contribution in [-0.2, 0) is 4.79 Å². The Bertz CT molecular complexity index is 844. The fourth-order valence-corrected chi connectivity index (χ4v) is 5.46. The minimum atomic E-state index is -0.542. The molecular weight excluding hydrogens is 380 g/mol. The minimum absolute atomic E-state index is 0.0518. The number of hydrogen-bond donors (Lipinski definition) is 1. The number of nitrogens with one attached hydrogen (secondary N) is 1. The lowest BCUT2D eigenvalue weighted by Crippen LogP contribution is -2.58. The first-order valence-corrected chi connectivity index (χ1v) is 11.3. The van der Waals surface area contributed by atoms with Crippen LogP contribution < -0.4 is 5.32 Å². The minimum Gasteiger partial charge on any atom is -0.335 e. The van der Waals surface area contributed by atoms with E-state index in [2.05, 4.69) is 24.4 Å². The number of carbonyl (C=O) groups excluding carboxylic acids is 3. The van der Waals surface area contributed by atoms with Crippen LogP contribution in [0.5, 0.6) is 0 Å². The molecule has 7 heteroatoms. The van der Waals surface area contributed by atoms with Gasteiger partial charge in [-0.05, 0) is 30.7 Å². The van der Waals surface area contributed by atoms with E-state index in [0.717, 1.165) is 25.7 Å². The van der Waals surface area contributed by atoms with Crippen molar-refractivity contribution >= 4 is 18.0 Å². The zero-order chi connectivity index (χ0) is 20.8. The highest BCUT2D eigenvalue weighted by atomic mass is 16.2. The molecule has 2 saturated carbocycles. The molecule has 0 bridgehead atoms. The van der Waals surface area contributed by atoms with Gasteiger partial charge in [-0.15, -0.1) is 0 Å². The highest BCUT2D eigenvalue weighted by Gasteiger charge is 2.56. The molecule has 1 aromatic carbocycles. The van der Waals surface area contributed by atoms with Crippen LogP contribution in [0.2, 0.25) is 0 Å². The number of fused-ring (bicyclic) bond motifs is 1. The molecule has 0 radical (unpaired) electrons. The van der Waals surface area contributed by atoms with E-state index < -0.39 is 6.04 Å². The molecule has 5 rings (SSSR count). The molecule has 4 aliphatic rings. The lowest BCUT2D eigenvalue weighted by molar-refractivity contribution is -0.129. The third kappa shape index (κ3) is 3.44. The van der Waals surface area contributed by atoms with Crippen LogP contribution in [0.3, 0.4) is 0 Å². The Morgan fingerprint density at radius 3 is 2.63 bits per heavy atom. The van der Waals surface area contributed by atoms with Gasteiger partial charge in [-0.1, -0.05) is 50.1 Å². The molecule has 2 heterocycles. The predicted octanol–water partition coefficient (Wildman–Crippen LogP) is 2.78. The van der Waals surface area contributed by atoms with Gasteiger partial charge in [0.15, 0.2) is 0 Å². The van der Waals surface area contributed by atoms with Gasteiger partial charge >= 0.3 is 12.1 Å². The second-order valence-electron chi connectivity index (χ2n) is 9.38. The number of hydrogen-bond acceptors (Lipinski definition) is 3. The number of rotatable bonds is 3. The van der Waals surface area contributed by atoms with Crippen LogP contribution in [0.15, 0.2) is 30.3 Å². The van der Waals surface area contributed by atoms with Crippen molar-refractivity contribution in [2.75, 3.05) is 19.6 Å². The molecule has 4 fully saturated rings. The van der Waals surface area contributed by atoms with Crippen LogP contribution in [0.25, 0.3) is 0 Å². The Balaban J connectivity index is 1.22. The van der Waals surface area contributed by atoms with E-state index in [0.29, 0.717) is 19.0 Å². The molecule has 160 valence electrons. The number of urea groups is 2. The fourth-order valence-electron chi connectivity index (χ4n) is 5.46. The maximum Gasteiger partial charge on any atom is 0.327 e. The summed E-state index contributed by atoms with van der Waals surface area (Å²) in [6.45, 7) is 3.42. The molecular formula is C23H30N4O3. The SMILES string of the molecule is CC1CCCC(NC(=O)N2CCN3C(=O)N([C@H]4C[C@@H]4c4ccccc4)C(=O)[C@@H]3C2)C1. The summed E-state index contributed by atoms with van der Waals surface area (Å²) in [6.07, 6.45) is 5.24. The molecule has 7 nitrogen and oxygen atoms in total. The molecule has 1 N–H and O–H groups in total. The molecule has 2 aliphatic carbocycles. The van der Waals surface area contributed by atoms with Gasteiger partial charge in [0.2, 0.25) is 0 Å². The second-order valence-corrected chi connectivity index (χ2v) is 9.38. The van der Waals surface area contributed by atoms with Crippen molar-refractivity contribution in [2.24, 2.45) is 5.92 Å². The van der Waals surface area contributed by atoms with E-state index in [1.807, 2.05) is 18.2 Å². The summed E-state index contributed by atoms with van der Waals surface area (Å²) >= 11 is 0. The van der Waals surface area contributed by atoms with Crippen molar-refractivity contribution in [3.8, 4) is 0 Å². The lowest BCUT2D eigenvalue weighted by atomic mass is 9.87. The van der Waals surface area contributed by atoms with Crippen LogP contribution >= 0.6 is 0 Å². The van der Waals surface area contributed by atoms with E-state index in [-0.39, 0.29) is 42.5 Å². The molecule has 0 aromatic heterocycles. The van der Waals surface area contributed by atoms with Crippen LogP contribution in [0.4, 0.5) is 9.59 Å². The maximum absolute atomic E-state index is 13.1. The Morgan fingerprint density at radius 1 is 1.07 bits per heavy atom. The standard InChI is InChI=1S/C23H30N4O3/c1-15-6-5-9-17(12-15)24-22(29)25-10-11-26-20(14-25)21(28)27(23(26)30)19-13-18(19)16-7-3-2-4-8-16/h2-4,7-8,15,17-20H,5-6,9-14H2,1H3,(H,24,29)/t15?,17?,18-,19+,20+/m1/s1. The van der Waals surface area contributed by atoms with E-state index in [4.69, 9.17) is 0 Å². The van der Waals surface area contributed by atoms with Gasteiger partial charge in [0.05, 0.1) is 6.54 Å². The van der Waals surface area contributed by atoms with Crippen molar-refractivity contribution in [2.45, 2.75) is 63.1 Å². The summed E-state index contributed by atoms with van der Waals surface area (Å²) in [5, 5.41) is 3.16. The molecule has 1 aromatic rings. The number of benzene rings is 1. The Hall–Kier alpha value is -2.57. The Labute approximate surface area is 177 Å². The summed E-state index contributed by atoms with van der Waals surface area (Å²) in [7, 11) is 0. The summed E-state index contributed by atoms with van der Waals surface area (Å²) in [4.78, 5) is 43.7. The molecule has 5 amide bonds. The molecule has 0 spiro atoms. The summed E-state index contributed by atoms with van der Waals surface area (Å²) in [5.74, 6) is 0.722. The third-order valence-electron chi connectivity index (χ3n) is 7.22. The van der Waals surface area contributed by atoms with Gasteiger partial charge in [-0.2, -0.15) is 0 Å². The van der Waals surface area contributed by atoms with Gasteiger partial charge in [-0.3, -0.25) is 9.69 Å². The number of amides is 5. The van der Waals surface area contributed by atoms with Crippen molar-refractivity contribution in [3.05, 3.63) is 35.9 Å². The average Bonchev–Trinajstić information content (AvgIpc) is 3.49. The predicted molar refractivity (Wildman–Crippen MR) is 112 cm³/mol. The van der Waals surface area contributed by atoms with E-state index >= 15 is 0 Å². The largest absolute Gasteiger partial charge is 0.335 e. The van der Waals surface area contributed by atoms with Crippen LogP contribution in [0.1, 0.15) is 50.5 Å². The Kier molecular flexibility index (Phi) is 4.91. The van der Waals surface area contributed by atoms with Crippen LogP contribution in [-0.4, -0.2) is 70.4 Å². The fraction of sp³-hybridized carbons (Fsp3) is 0.609. The zero-order valence-electron chi connectivity index (χ0n) is 17.5. The van der Waals surface area contributed by atoms with Gasteiger partial charge in [0, 0.05) is 31.1 Å². The molecule has 5 atom stereocenters. The van der Waals surface area contributed by atoms with Crippen molar-refractivity contribution in [1.29, 1.82) is 0 Å². The lowest BCUT2D eigenvalue weighted by Gasteiger charge is -2.37. The third-order valence-corrected chi connectivity index (χ3v) is 7.22. The van der Waals surface area contributed by atoms with Crippen LogP contribution in [0, 0.1) is 5.92 Å². The van der Waals surface area contributed by atoms with E-state index in [1.165, 1.54) is 16.9 Å². The average molecular weight is 411 g/mol. The first-order valence-electron chi connectivity index (χ1n) is 11.3. The van der Waals surface area contributed by atoms with Crippen molar-refractivity contribution in [3.63, 3.8) is 0 Å². The molecule has 2 unspecified atom stereocenters. The number of imide groups is 1. The zero-order valence-corrected chi connectivity index (χ0v) is 17.5. The summed E-state index contributed by atoms with van der Waals surface area (Å²) in [6, 6.07) is 9.41. The highest BCUT2D eigenvalue weighted by molar-refractivity contribution is 6.05. The second kappa shape index (κ2) is 7.60. The normalized spacial score (nSPS) is 33.5. The van der Waals surface area contributed by atoms with Gasteiger partial charge in [0.25, 0.3) is 5.91 Å². The van der Waals surface area contributed by atoms with E-state index in [1.54, 1.807) is 9.80 Å². The first-order chi connectivity index (χ1) is 14.5. The maximum atomic E-state index is 13.1. The van der Waals surface area contributed by atoms with Crippen molar-refractivity contribution < 1.29 is 14.4 Å². The topological polar surface area (TPSA) is 73.0 Å². The van der Waals surface area contributed by atoms with Gasteiger partial charge in [-0.25, -0.2) is 9.59 Å². The van der Waals surface area contributed by atoms with E-state index in [9.17, 15) is 14.4 Å². The molecule has 30 heavy (non-hydrogen) atoms. The quantitative estimate of drug-likeness (QED) is 0.779. The smallest absolute Gasteiger partial charge is 0.327 e. The molecule has 2 aliphatic heterocycles. The first kappa shape index (κ1) is 19.4. The number of piperazine rings is 1. The monoisotopic (exact) mass is 410 g/mol. The number of carbonyl (C=O) groups is 3. The summed E-state index contributed by atoms with van der Waals surface area (Å²) < 4.78 is 0.